The van der Waals surface area contributed by atoms with Crippen molar-refractivity contribution >= 4 is 5.97 Å². The monoisotopic (exact) mass is 268 g/mol. The van der Waals surface area contributed by atoms with Crippen molar-refractivity contribution < 1.29 is 18.7 Å². The molecule has 0 fully saturated rings. The van der Waals surface area contributed by atoms with Gasteiger partial charge in [-0.2, -0.15) is 0 Å². The Morgan fingerprint density at radius 1 is 1.68 bits per heavy atom. The second kappa shape index (κ2) is 5.22. The van der Waals surface area contributed by atoms with Gasteiger partial charge in [-0.25, -0.2) is 9.18 Å². The number of alkyl halides is 1. The molecule has 6 heteroatoms. The molecule has 0 radical (unpaired) electrons. The van der Waals surface area contributed by atoms with Gasteiger partial charge < -0.3 is 15.2 Å². The summed E-state index contributed by atoms with van der Waals surface area (Å²) in [5.41, 5.74) is 4.06. The van der Waals surface area contributed by atoms with Gasteiger partial charge >= 0.3 is 5.97 Å². The number of aromatic nitrogens is 1. The highest BCUT2D eigenvalue weighted by Crippen LogP contribution is 2.44. The van der Waals surface area contributed by atoms with Crippen molar-refractivity contribution in [2.75, 3.05) is 7.11 Å². The van der Waals surface area contributed by atoms with Crippen molar-refractivity contribution in [3.05, 3.63) is 29.6 Å². The molecule has 1 aliphatic carbocycles. The van der Waals surface area contributed by atoms with E-state index in [-0.39, 0.29) is 12.0 Å². The Morgan fingerprint density at radius 3 is 3.05 bits per heavy atom. The minimum atomic E-state index is -2.16. The lowest BCUT2D eigenvalue weighted by Gasteiger charge is -2.33. The number of esters is 1. The highest BCUT2D eigenvalue weighted by Gasteiger charge is 2.48. The summed E-state index contributed by atoms with van der Waals surface area (Å²) in [4.78, 5) is 15.8. The number of nitrogens with two attached hydrogens (primary N) is 1. The first-order valence-corrected chi connectivity index (χ1v) is 6.13. The van der Waals surface area contributed by atoms with E-state index in [1.165, 1.54) is 13.2 Å². The summed E-state index contributed by atoms with van der Waals surface area (Å²) in [6.45, 7) is 1.69. The zero-order valence-electron chi connectivity index (χ0n) is 10.9. The summed E-state index contributed by atoms with van der Waals surface area (Å²) >= 11 is 0. The Balaban J connectivity index is 2.42. The van der Waals surface area contributed by atoms with Crippen LogP contribution in [0.2, 0.25) is 0 Å². The highest BCUT2D eigenvalue weighted by atomic mass is 19.1. The summed E-state index contributed by atoms with van der Waals surface area (Å²) < 4.78 is 24.9. The molecule has 0 amide bonds. The van der Waals surface area contributed by atoms with E-state index in [1.54, 1.807) is 19.2 Å². The number of halogens is 1. The molecule has 3 atom stereocenters. The molecular weight excluding hydrogens is 251 g/mol. The number of hydrogen-bond acceptors (Lipinski definition) is 5. The first kappa shape index (κ1) is 13.9. The number of carbonyl (C=O) groups excluding carboxylic acids is 1. The fourth-order valence-electron chi connectivity index (χ4n) is 2.38. The van der Waals surface area contributed by atoms with Gasteiger partial charge in [-0.1, -0.05) is 6.07 Å². The van der Waals surface area contributed by atoms with Gasteiger partial charge in [-0.15, -0.1) is 0 Å². The smallest absolute Gasteiger partial charge is 0.348 e. The lowest BCUT2D eigenvalue weighted by atomic mass is 9.81. The van der Waals surface area contributed by atoms with Crippen LogP contribution in [0, 0.1) is 0 Å². The Morgan fingerprint density at radius 2 is 2.42 bits per heavy atom. The molecule has 0 saturated carbocycles. The number of nitrogens with zero attached hydrogens (tertiary/aromatic N) is 1. The summed E-state index contributed by atoms with van der Waals surface area (Å²) in [6, 6.07) is 3.13. The van der Waals surface area contributed by atoms with E-state index in [4.69, 9.17) is 10.5 Å². The number of methoxy groups -OCH3 is 1. The molecule has 0 bridgehead atoms. The zero-order valence-corrected chi connectivity index (χ0v) is 10.9. The molecule has 19 heavy (non-hydrogen) atoms. The maximum absolute atomic E-state index is 14.9. The molecule has 2 N–H and O–H groups in total. The van der Waals surface area contributed by atoms with Crippen LogP contribution in [0.25, 0.3) is 0 Å². The molecule has 1 aliphatic rings. The third kappa shape index (κ3) is 2.46. The largest absolute Gasteiger partial charge is 0.466 e. The van der Waals surface area contributed by atoms with Crippen molar-refractivity contribution in [2.45, 2.75) is 37.8 Å². The number of fused-ring (bicyclic) bond motifs is 1. The first-order chi connectivity index (χ1) is 8.99. The Bertz CT molecular complexity index is 481. The predicted octanol–water partition coefficient (Wildman–Crippen LogP) is 1.58. The van der Waals surface area contributed by atoms with Crippen LogP contribution in [0.4, 0.5) is 4.39 Å². The van der Waals surface area contributed by atoms with Crippen LogP contribution in [-0.4, -0.2) is 24.3 Å². The van der Waals surface area contributed by atoms with Gasteiger partial charge in [0.1, 0.15) is 12.3 Å². The minimum Gasteiger partial charge on any atom is -0.466 e. The molecule has 0 aliphatic heterocycles. The minimum absolute atomic E-state index is 0.00421. The fourth-order valence-corrected chi connectivity index (χ4v) is 2.38. The summed E-state index contributed by atoms with van der Waals surface area (Å²) in [5, 5.41) is 0. The molecule has 2 rings (SSSR count). The molecule has 5 nitrogen and oxygen atoms in total. The topological polar surface area (TPSA) is 74.4 Å². The highest BCUT2D eigenvalue weighted by molar-refractivity contribution is 5.82. The Labute approximate surface area is 110 Å². The van der Waals surface area contributed by atoms with Crippen molar-refractivity contribution in [1.29, 1.82) is 0 Å². The van der Waals surface area contributed by atoms with Gasteiger partial charge in [-0.3, -0.25) is 4.98 Å². The molecule has 1 aromatic heterocycles. The summed E-state index contributed by atoms with van der Waals surface area (Å²) in [7, 11) is 1.17. The molecule has 104 valence electrons. The van der Waals surface area contributed by atoms with Crippen LogP contribution in [-0.2, 0) is 19.9 Å². The fraction of sp³-hybridized carbons (Fsp3) is 0.538. The van der Waals surface area contributed by atoms with Crippen LogP contribution in [0.5, 0.6) is 0 Å². The maximum Gasteiger partial charge on any atom is 0.348 e. The van der Waals surface area contributed by atoms with Gasteiger partial charge in [-0.05, 0) is 25.8 Å². The Kier molecular flexibility index (Phi) is 3.82. The van der Waals surface area contributed by atoms with E-state index in [0.717, 1.165) is 0 Å². The third-order valence-electron chi connectivity index (χ3n) is 3.21. The van der Waals surface area contributed by atoms with Crippen LogP contribution in [0.3, 0.4) is 0 Å². The second-order valence-corrected chi connectivity index (χ2v) is 4.60. The van der Waals surface area contributed by atoms with Gasteiger partial charge in [0.2, 0.25) is 5.67 Å². The van der Waals surface area contributed by atoms with Crippen LogP contribution < -0.4 is 5.73 Å². The molecule has 0 unspecified atom stereocenters. The quantitative estimate of drug-likeness (QED) is 0.665. The summed E-state index contributed by atoms with van der Waals surface area (Å²) in [6.07, 6.45) is 0.988. The van der Waals surface area contributed by atoms with Crippen molar-refractivity contribution in [3.63, 3.8) is 0 Å². The van der Waals surface area contributed by atoms with E-state index in [1.807, 2.05) is 0 Å². The second-order valence-electron chi connectivity index (χ2n) is 4.60. The molecule has 1 aromatic rings. The van der Waals surface area contributed by atoms with Crippen LogP contribution in [0.15, 0.2) is 18.3 Å². The maximum atomic E-state index is 14.9. The van der Waals surface area contributed by atoms with E-state index in [9.17, 15) is 9.18 Å². The average molecular weight is 268 g/mol. The van der Waals surface area contributed by atoms with Crippen molar-refractivity contribution in [3.8, 4) is 0 Å². The zero-order chi connectivity index (χ0) is 14.0. The number of pyridine rings is 1. The van der Waals surface area contributed by atoms with Crippen molar-refractivity contribution in [1.82, 2.24) is 4.98 Å². The number of carbonyl (C=O) groups is 1. The van der Waals surface area contributed by atoms with Crippen molar-refractivity contribution in [2.24, 2.45) is 5.73 Å². The van der Waals surface area contributed by atoms with E-state index in [2.05, 4.69) is 9.72 Å². The van der Waals surface area contributed by atoms with Crippen LogP contribution >= 0.6 is 0 Å². The van der Waals surface area contributed by atoms with Gasteiger partial charge in [0, 0.05) is 11.8 Å². The molecule has 0 spiro atoms. The predicted molar refractivity (Wildman–Crippen MR) is 65.7 cm³/mol. The number of ether oxygens (including phenoxy) is 2. The lowest BCUT2D eigenvalue weighted by Crippen LogP contribution is -2.39. The molecule has 0 aromatic carbocycles. The molecule has 0 saturated heterocycles. The SMILES string of the molecule is COC(=O)[C@]1(F)CC[C@H](O[C@H](C)N)c2ncccc21. The third-order valence-corrected chi connectivity index (χ3v) is 3.21. The van der Waals surface area contributed by atoms with E-state index < -0.39 is 24.0 Å². The first-order valence-electron chi connectivity index (χ1n) is 6.13. The lowest BCUT2D eigenvalue weighted by molar-refractivity contribution is -0.158. The van der Waals surface area contributed by atoms with Gasteiger partial charge in [0.05, 0.1) is 12.8 Å². The number of rotatable bonds is 3. The standard InChI is InChI=1S/C13H17FN2O3/c1-8(15)19-10-5-6-13(14,12(17)18-2)9-4-3-7-16-11(9)10/h3-4,7-8,10H,5-6,15H2,1-2H3/t8-,10+,13+/m1/s1. The summed E-state index contributed by atoms with van der Waals surface area (Å²) in [5.74, 6) is -0.902. The van der Waals surface area contributed by atoms with Gasteiger partial charge in [0.25, 0.3) is 0 Å². The van der Waals surface area contributed by atoms with Crippen LogP contribution in [0.1, 0.15) is 37.1 Å². The number of hydrogen-bond donors (Lipinski definition) is 1. The van der Waals surface area contributed by atoms with E-state index in [0.29, 0.717) is 12.1 Å². The normalized spacial score (nSPS) is 27.5. The average Bonchev–Trinajstić information content (AvgIpc) is 2.41. The van der Waals surface area contributed by atoms with Gasteiger partial charge in [0.15, 0.2) is 0 Å². The molecule has 1 heterocycles. The van der Waals surface area contributed by atoms with E-state index >= 15 is 0 Å². The molecular formula is C13H17FN2O3. The Hall–Kier alpha value is -1.53.